The second kappa shape index (κ2) is 9.93. The zero-order valence-corrected chi connectivity index (χ0v) is 19.0. The Morgan fingerprint density at radius 2 is 1.69 bits per heavy atom. The third-order valence-electron chi connectivity index (χ3n) is 4.78. The minimum Gasteiger partial charge on any atom is -0.456 e. The number of nitrogens with one attached hydrogen (secondary N) is 1. The third-order valence-corrected chi connectivity index (χ3v) is 4.78. The van der Waals surface area contributed by atoms with Gasteiger partial charge in [-0.25, -0.2) is 4.79 Å². The van der Waals surface area contributed by atoms with Gasteiger partial charge < -0.3 is 19.4 Å². The van der Waals surface area contributed by atoms with Crippen molar-refractivity contribution >= 4 is 17.7 Å². The van der Waals surface area contributed by atoms with Gasteiger partial charge >= 0.3 is 12.6 Å². The summed E-state index contributed by atoms with van der Waals surface area (Å²) in [5.74, 6) is -1.38. The first-order valence-electron chi connectivity index (χ1n) is 10.1. The highest BCUT2D eigenvalue weighted by Gasteiger charge is 2.26. The molecule has 1 amide bonds. The predicted molar refractivity (Wildman–Crippen MR) is 114 cm³/mol. The van der Waals surface area contributed by atoms with Gasteiger partial charge in [-0.2, -0.15) is 8.78 Å². The fraction of sp³-hybridized carbons (Fsp3) is 0.435. The fourth-order valence-electron chi connectivity index (χ4n) is 3.03. The molecule has 1 aromatic heterocycles. The number of aryl methyl sites for hydroxylation is 1. The molecule has 0 radical (unpaired) electrons. The molecule has 0 aliphatic heterocycles. The Balaban J connectivity index is 2.07. The van der Waals surface area contributed by atoms with Crippen molar-refractivity contribution in [3.63, 3.8) is 0 Å². The highest BCUT2D eigenvalue weighted by Crippen LogP contribution is 2.24. The molecule has 1 atom stereocenters. The van der Waals surface area contributed by atoms with Gasteiger partial charge in [0.25, 0.3) is 0 Å². The number of carbonyl (C=O) groups excluding carboxylic acids is 3. The number of rotatable bonds is 8. The van der Waals surface area contributed by atoms with Gasteiger partial charge in [0.2, 0.25) is 11.7 Å². The Kier molecular flexibility index (Phi) is 7.77. The van der Waals surface area contributed by atoms with Crippen LogP contribution < -0.4 is 10.1 Å². The summed E-state index contributed by atoms with van der Waals surface area (Å²) in [6, 6.07) is 6.81. The highest BCUT2D eigenvalue weighted by atomic mass is 19.3. The maximum Gasteiger partial charge on any atom is 0.387 e. The number of carbonyl (C=O) groups is 3. The van der Waals surface area contributed by atoms with Crippen LogP contribution in [0.5, 0.6) is 5.75 Å². The zero-order chi connectivity index (χ0) is 24.2. The van der Waals surface area contributed by atoms with E-state index in [1.807, 2.05) is 0 Å². The average Bonchev–Trinajstić information content (AvgIpc) is 2.99. The van der Waals surface area contributed by atoms with E-state index in [9.17, 15) is 23.2 Å². The van der Waals surface area contributed by atoms with E-state index in [0.717, 1.165) is 5.69 Å². The van der Waals surface area contributed by atoms with Crippen LogP contribution in [0.1, 0.15) is 49.4 Å². The highest BCUT2D eigenvalue weighted by molar-refractivity contribution is 5.99. The molecule has 1 aromatic carbocycles. The van der Waals surface area contributed by atoms with Crippen molar-refractivity contribution < 1.29 is 32.6 Å². The number of benzene rings is 1. The van der Waals surface area contributed by atoms with Gasteiger partial charge in [-0.1, -0.05) is 20.8 Å². The van der Waals surface area contributed by atoms with Gasteiger partial charge in [0.05, 0.1) is 0 Å². The molecule has 2 aromatic rings. The second-order valence-corrected chi connectivity index (χ2v) is 8.47. The summed E-state index contributed by atoms with van der Waals surface area (Å²) in [5.41, 5.74) is 1.72. The molecule has 0 aliphatic carbocycles. The first-order valence-corrected chi connectivity index (χ1v) is 10.1. The summed E-state index contributed by atoms with van der Waals surface area (Å²) in [6.45, 7) is 6.80. The molecule has 0 aliphatic rings. The minimum absolute atomic E-state index is 0.0297. The summed E-state index contributed by atoms with van der Waals surface area (Å²) in [6.07, 6.45) is 0. The number of esters is 1. The van der Waals surface area contributed by atoms with Crippen LogP contribution in [0.15, 0.2) is 30.3 Å². The lowest BCUT2D eigenvalue weighted by molar-refractivity contribution is -0.147. The monoisotopic (exact) mass is 450 g/mol. The molecule has 0 spiro atoms. The Hall–Kier alpha value is -3.23. The number of halogens is 2. The van der Waals surface area contributed by atoms with Gasteiger partial charge in [0.15, 0.2) is 6.61 Å². The van der Waals surface area contributed by atoms with E-state index in [0.29, 0.717) is 16.9 Å². The van der Waals surface area contributed by atoms with Gasteiger partial charge in [0, 0.05) is 28.1 Å². The van der Waals surface area contributed by atoms with Crippen molar-refractivity contribution in [2.24, 2.45) is 5.41 Å². The lowest BCUT2D eigenvalue weighted by Crippen LogP contribution is -2.45. The molecule has 0 unspecified atom stereocenters. The molecule has 7 nitrogen and oxygen atoms in total. The predicted octanol–water partition coefficient (Wildman–Crippen LogP) is 3.97. The maximum atomic E-state index is 12.7. The first kappa shape index (κ1) is 25.0. The van der Waals surface area contributed by atoms with Crippen molar-refractivity contribution in [1.29, 1.82) is 0 Å². The summed E-state index contributed by atoms with van der Waals surface area (Å²) in [4.78, 5) is 36.8. The molecule has 1 heterocycles. The van der Waals surface area contributed by atoms with Crippen LogP contribution in [-0.4, -0.2) is 41.5 Å². The van der Waals surface area contributed by atoms with E-state index < -0.39 is 36.4 Å². The molecule has 0 bridgehead atoms. The Morgan fingerprint density at radius 1 is 1.09 bits per heavy atom. The standard InChI is InChI=1S/C23H28F2N2O5/c1-13-11-18(15(3)27(13)16-7-9-17(10-8-16)32-22(24)25)19(28)12-31-20(29)14(2)26-21(30)23(4,5)6/h7-11,14,22H,12H2,1-6H3,(H,26,30)/t14-/m0/s1. The van der Waals surface area contributed by atoms with Crippen LogP contribution >= 0.6 is 0 Å². The number of hydrogen-bond donors (Lipinski definition) is 1. The molecule has 0 saturated carbocycles. The van der Waals surface area contributed by atoms with Crippen LogP contribution in [0.3, 0.4) is 0 Å². The molecule has 32 heavy (non-hydrogen) atoms. The van der Waals surface area contributed by atoms with Crippen LogP contribution in [0.2, 0.25) is 0 Å². The first-order chi connectivity index (χ1) is 14.8. The number of ketones is 1. The van der Waals surface area contributed by atoms with Crippen molar-refractivity contribution in [2.75, 3.05) is 6.61 Å². The zero-order valence-electron chi connectivity index (χ0n) is 19.0. The quantitative estimate of drug-likeness (QED) is 0.486. The molecular weight excluding hydrogens is 422 g/mol. The number of amides is 1. The number of alkyl halides is 2. The topological polar surface area (TPSA) is 86.6 Å². The Morgan fingerprint density at radius 3 is 2.22 bits per heavy atom. The second-order valence-electron chi connectivity index (χ2n) is 8.47. The molecule has 2 rings (SSSR count). The number of ether oxygens (including phenoxy) is 2. The molecule has 9 heteroatoms. The molecule has 174 valence electrons. The lowest BCUT2D eigenvalue weighted by atomic mass is 9.95. The van der Waals surface area contributed by atoms with Crippen LogP contribution in [-0.2, 0) is 14.3 Å². The number of hydrogen-bond acceptors (Lipinski definition) is 5. The minimum atomic E-state index is -2.91. The van der Waals surface area contributed by atoms with Crippen molar-refractivity contribution in [3.8, 4) is 11.4 Å². The van der Waals surface area contributed by atoms with E-state index in [-0.39, 0.29) is 11.7 Å². The van der Waals surface area contributed by atoms with Gasteiger partial charge in [-0.3, -0.25) is 9.59 Å². The van der Waals surface area contributed by atoms with Crippen molar-refractivity contribution in [3.05, 3.63) is 47.3 Å². The van der Waals surface area contributed by atoms with Crippen LogP contribution in [0.4, 0.5) is 8.78 Å². The Bertz CT molecular complexity index is 991. The van der Waals surface area contributed by atoms with Gasteiger partial charge in [0.1, 0.15) is 11.8 Å². The number of nitrogens with zero attached hydrogens (tertiary/aromatic N) is 1. The van der Waals surface area contributed by atoms with E-state index in [2.05, 4.69) is 10.1 Å². The molecule has 1 N–H and O–H groups in total. The van der Waals surface area contributed by atoms with Crippen molar-refractivity contribution in [2.45, 2.75) is 54.2 Å². The van der Waals surface area contributed by atoms with E-state index in [4.69, 9.17) is 4.74 Å². The molecule has 0 saturated heterocycles. The largest absolute Gasteiger partial charge is 0.456 e. The number of Topliss-reactive ketones (excluding diaryl/α,β-unsaturated/α-hetero) is 1. The normalized spacial score (nSPS) is 12.4. The SMILES string of the molecule is Cc1cc(C(=O)COC(=O)[C@H](C)NC(=O)C(C)(C)C)c(C)n1-c1ccc(OC(F)F)cc1. The Labute approximate surface area is 185 Å². The summed E-state index contributed by atoms with van der Waals surface area (Å²) in [7, 11) is 0. The molecular formula is C23H28F2N2O5. The third kappa shape index (κ3) is 6.15. The number of aromatic nitrogens is 1. The summed E-state index contributed by atoms with van der Waals surface area (Å²) < 4.78 is 35.9. The van der Waals surface area contributed by atoms with Gasteiger partial charge in [-0.15, -0.1) is 0 Å². The van der Waals surface area contributed by atoms with E-state index in [1.165, 1.54) is 19.1 Å². The van der Waals surface area contributed by atoms with Crippen LogP contribution in [0.25, 0.3) is 5.69 Å². The van der Waals surface area contributed by atoms with E-state index >= 15 is 0 Å². The van der Waals surface area contributed by atoms with Crippen molar-refractivity contribution in [1.82, 2.24) is 9.88 Å². The summed E-state index contributed by atoms with van der Waals surface area (Å²) >= 11 is 0. The van der Waals surface area contributed by atoms with Crippen LogP contribution in [0, 0.1) is 19.3 Å². The lowest BCUT2D eigenvalue weighted by Gasteiger charge is -2.20. The summed E-state index contributed by atoms with van der Waals surface area (Å²) in [5, 5.41) is 2.56. The van der Waals surface area contributed by atoms with Gasteiger partial charge in [-0.05, 0) is 51.1 Å². The maximum absolute atomic E-state index is 12.7. The fourth-order valence-corrected chi connectivity index (χ4v) is 3.03. The smallest absolute Gasteiger partial charge is 0.387 e. The van der Waals surface area contributed by atoms with E-state index in [1.54, 1.807) is 57.4 Å². The average molecular weight is 450 g/mol. The molecule has 0 fully saturated rings.